The summed E-state index contributed by atoms with van der Waals surface area (Å²) in [4.78, 5) is 33.6. The minimum atomic E-state index is -4.31. The minimum absolute atomic E-state index is 0.0325. The fourth-order valence-electron chi connectivity index (χ4n) is 2.52. The molecule has 0 aromatic heterocycles. The number of carbonyl (C=O) groups excluding carboxylic acids is 2. The number of esters is 2. The number of hydrogen-bond acceptors (Lipinski definition) is 7. The van der Waals surface area contributed by atoms with Gasteiger partial charge in [0, 0.05) is 12.8 Å². The van der Waals surface area contributed by atoms with Crippen molar-refractivity contribution in [3.05, 3.63) is 0 Å². The normalized spacial score (nSPS) is 14.6. The van der Waals surface area contributed by atoms with E-state index in [-0.39, 0.29) is 26.1 Å². The van der Waals surface area contributed by atoms with Crippen molar-refractivity contribution < 1.29 is 42.1 Å². The molecule has 0 aliphatic heterocycles. The number of phosphoric acid groups is 1. The average molecular weight is 469 g/mol. The molecule has 0 spiro atoms. The first-order chi connectivity index (χ1) is 14.5. The largest absolute Gasteiger partial charge is 0.472 e. The van der Waals surface area contributed by atoms with Crippen LogP contribution in [-0.2, 0) is 32.7 Å². The van der Waals surface area contributed by atoms with Crippen molar-refractivity contribution in [2.24, 2.45) is 0 Å². The van der Waals surface area contributed by atoms with Crippen molar-refractivity contribution in [2.75, 3.05) is 47.5 Å². The van der Waals surface area contributed by atoms with Gasteiger partial charge in [0.15, 0.2) is 6.10 Å². The van der Waals surface area contributed by atoms with E-state index >= 15 is 0 Å². The molecule has 184 valence electrons. The van der Waals surface area contributed by atoms with Crippen LogP contribution < -0.4 is 0 Å². The molecule has 9 nitrogen and oxygen atoms in total. The Bertz CT molecular complexity index is 550. The van der Waals surface area contributed by atoms with E-state index in [1.165, 1.54) is 12.8 Å². The van der Waals surface area contributed by atoms with Gasteiger partial charge in [0.2, 0.25) is 0 Å². The van der Waals surface area contributed by atoms with Crippen molar-refractivity contribution in [1.82, 2.24) is 0 Å². The predicted molar refractivity (Wildman–Crippen MR) is 118 cm³/mol. The number of unbranched alkanes of at least 4 members (excludes halogenated alkanes) is 5. The van der Waals surface area contributed by atoms with Gasteiger partial charge in [0.1, 0.15) is 19.8 Å². The van der Waals surface area contributed by atoms with E-state index in [4.69, 9.17) is 18.5 Å². The first kappa shape index (κ1) is 30.0. The summed E-state index contributed by atoms with van der Waals surface area (Å²) in [6.07, 6.45) is 6.42. The molecule has 0 aliphatic rings. The van der Waals surface area contributed by atoms with E-state index in [2.05, 4.69) is 6.92 Å². The highest BCUT2D eigenvalue weighted by Crippen LogP contribution is 2.43. The molecule has 10 heteroatoms. The van der Waals surface area contributed by atoms with Crippen LogP contribution in [0.4, 0.5) is 0 Å². The molecule has 0 fully saturated rings. The van der Waals surface area contributed by atoms with Crippen molar-refractivity contribution in [1.29, 1.82) is 0 Å². The molecule has 0 aromatic carbocycles. The molecule has 1 unspecified atom stereocenters. The Labute approximate surface area is 187 Å². The van der Waals surface area contributed by atoms with Gasteiger partial charge in [-0.15, -0.1) is 0 Å². The van der Waals surface area contributed by atoms with Gasteiger partial charge in [-0.1, -0.05) is 46.0 Å². The van der Waals surface area contributed by atoms with E-state index in [1.54, 1.807) is 0 Å². The van der Waals surface area contributed by atoms with Crippen LogP contribution in [0, 0.1) is 0 Å². The van der Waals surface area contributed by atoms with Crippen molar-refractivity contribution in [2.45, 2.75) is 77.7 Å². The van der Waals surface area contributed by atoms with Crippen LogP contribution in [0.3, 0.4) is 0 Å². The predicted octanol–water partition coefficient (Wildman–Crippen LogP) is 3.83. The van der Waals surface area contributed by atoms with Crippen LogP contribution in [0.2, 0.25) is 0 Å². The SMILES string of the molecule is CCCCCCCCC(=O)OC[C@H](COP(=O)(O)OCC[N+](C)(C)C)OC(=O)CCC. The molecule has 0 aromatic rings. The third-order valence-electron chi connectivity index (χ3n) is 4.36. The Balaban J connectivity index is 4.46. The maximum atomic E-state index is 12.1. The molecule has 0 saturated carbocycles. The van der Waals surface area contributed by atoms with Gasteiger partial charge in [-0.2, -0.15) is 0 Å². The summed E-state index contributed by atoms with van der Waals surface area (Å²) in [5, 5.41) is 0. The van der Waals surface area contributed by atoms with E-state index in [9.17, 15) is 19.0 Å². The molecular formula is C21H43NO8P+. The van der Waals surface area contributed by atoms with Gasteiger partial charge < -0.3 is 18.9 Å². The number of rotatable bonds is 19. The van der Waals surface area contributed by atoms with Crippen molar-refractivity contribution >= 4 is 19.8 Å². The zero-order chi connectivity index (χ0) is 23.8. The lowest BCUT2D eigenvalue weighted by Crippen LogP contribution is -2.37. The lowest BCUT2D eigenvalue weighted by molar-refractivity contribution is -0.870. The summed E-state index contributed by atoms with van der Waals surface area (Å²) in [5.74, 6) is -0.875. The molecular weight excluding hydrogens is 425 g/mol. The second-order valence-electron chi connectivity index (χ2n) is 8.67. The molecule has 0 bridgehead atoms. The Morgan fingerprint density at radius 1 is 0.871 bits per heavy atom. The number of ether oxygens (including phenoxy) is 2. The quantitative estimate of drug-likeness (QED) is 0.132. The van der Waals surface area contributed by atoms with Gasteiger partial charge in [0.05, 0.1) is 27.7 Å². The van der Waals surface area contributed by atoms with Crippen LogP contribution in [0.15, 0.2) is 0 Å². The zero-order valence-electron chi connectivity index (χ0n) is 20.0. The van der Waals surface area contributed by atoms with Crippen LogP contribution in [0.5, 0.6) is 0 Å². The summed E-state index contributed by atoms with van der Waals surface area (Å²) in [6, 6.07) is 0. The molecule has 0 radical (unpaired) electrons. The molecule has 31 heavy (non-hydrogen) atoms. The second-order valence-corrected chi connectivity index (χ2v) is 10.1. The highest BCUT2D eigenvalue weighted by molar-refractivity contribution is 7.47. The van der Waals surface area contributed by atoms with Gasteiger partial charge in [-0.3, -0.25) is 18.6 Å². The number of carbonyl (C=O) groups is 2. The highest BCUT2D eigenvalue weighted by Gasteiger charge is 2.26. The topological polar surface area (TPSA) is 108 Å². The summed E-state index contributed by atoms with van der Waals surface area (Å²) >= 11 is 0. The van der Waals surface area contributed by atoms with Crippen LogP contribution in [0.25, 0.3) is 0 Å². The summed E-state index contributed by atoms with van der Waals surface area (Å²) in [7, 11) is 1.47. The monoisotopic (exact) mass is 468 g/mol. The summed E-state index contributed by atoms with van der Waals surface area (Å²) in [5.41, 5.74) is 0. The van der Waals surface area contributed by atoms with Crippen molar-refractivity contribution in [3.8, 4) is 0 Å². The van der Waals surface area contributed by atoms with E-state index in [0.717, 1.165) is 25.7 Å². The number of likely N-dealkylation sites (N-methyl/N-ethyl adjacent to an activating group) is 1. The number of nitrogens with zero attached hydrogens (tertiary/aromatic N) is 1. The van der Waals surface area contributed by atoms with E-state index < -0.39 is 32.5 Å². The smallest absolute Gasteiger partial charge is 0.462 e. The van der Waals surface area contributed by atoms with Crippen LogP contribution in [-0.4, -0.2) is 74.9 Å². The molecule has 1 N–H and O–H groups in total. The maximum Gasteiger partial charge on any atom is 0.472 e. The molecule has 0 amide bonds. The van der Waals surface area contributed by atoms with Gasteiger partial charge in [-0.05, 0) is 12.8 Å². The Hall–Kier alpha value is -0.990. The zero-order valence-corrected chi connectivity index (χ0v) is 20.9. The Morgan fingerprint density at radius 3 is 2.13 bits per heavy atom. The van der Waals surface area contributed by atoms with Gasteiger partial charge in [-0.25, -0.2) is 4.57 Å². The Morgan fingerprint density at radius 2 is 1.52 bits per heavy atom. The third kappa shape index (κ3) is 19.4. The molecule has 0 heterocycles. The maximum absolute atomic E-state index is 12.1. The van der Waals surface area contributed by atoms with Gasteiger partial charge in [0.25, 0.3) is 0 Å². The molecule has 0 aliphatic carbocycles. The van der Waals surface area contributed by atoms with Crippen LogP contribution >= 0.6 is 7.82 Å². The highest BCUT2D eigenvalue weighted by atomic mass is 31.2. The van der Waals surface area contributed by atoms with Crippen molar-refractivity contribution in [3.63, 3.8) is 0 Å². The molecule has 0 saturated heterocycles. The lowest BCUT2D eigenvalue weighted by atomic mass is 10.1. The first-order valence-corrected chi connectivity index (χ1v) is 12.8. The fourth-order valence-corrected chi connectivity index (χ4v) is 3.26. The van der Waals surface area contributed by atoms with E-state index in [1.807, 2.05) is 28.1 Å². The third-order valence-corrected chi connectivity index (χ3v) is 5.34. The van der Waals surface area contributed by atoms with Gasteiger partial charge >= 0.3 is 19.8 Å². The minimum Gasteiger partial charge on any atom is -0.462 e. The Kier molecular flexibility index (Phi) is 16.1. The fraction of sp³-hybridized carbons (Fsp3) is 0.905. The average Bonchev–Trinajstić information content (AvgIpc) is 2.65. The lowest BCUT2D eigenvalue weighted by Gasteiger charge is -2.24. The number of phosphoric ester groups is 1. The molecule has 2 atom stereocenters. The summed E-state index contributed by atoms with van der Waals surface area (Å²) < 4.78 is 33.0. The first-order valence-electron chi connectivity index (χ1n) is 11.3. The second kappa shape index (κ2) is 16.6. The molecule has 0 rings (SSSR count). The summed E-state index contributed by atoms with van der Waals surface area (Å²) in [6.45, 7) is 3.89. The van der Waals surface area contributed by atoms with Crippen LogP contribution in [0.1, 0.15) is 71.6 Å². The standard InChI is InChI=1S/C21H42NO8P/c1-6-8-9-10-11-12-14-20(23)27-17-19(30-21(24)13-7-2)18-29-31(25,26)28-16-15-22(3,4)5/h19H,6-18H2,1-5H3/p+1/t19-/m1/s1. The number of quaternary nitrogens is 1. The number of hydrogen-bond donors (Lipinski definition) is 1. The van der Waals surface area contributed by atoms with E-state index in [0.29, 0.717) is 17.4 Å².